The van der Waals surface area contributed by atoms with Crippen molar-refractivity contribution >= 4 is 28.9 Å². The first-order valence-corrected chi connectivity index (χ1v) is 14.8. The average molecular weight is 664 g/mol. The van der Waals surface area contributed by atoms with E-state index in [0.29, 0.717) is 37.9 Å². The summed E-state index contributed by atoms with van der Waals surface area (Å²) in [4.78, 5) is 17.3. The summed E-state index contributed by atoms with van der Waals surface area (Å²) >= 11 is 5.31. The largest absolute Gasteiger partial charge is 0.573 e. The number of thiocarbonyl (C=S) groups is 1. The average Bonchev–Trinajstić information content (AvgIpc) is 2.94. The number of hydrogen-bond acceptors (Lipinski definition) is 7. The predicted octanol–water partition coefficient (Wildman–Crippen LogP) is 5.14. The molecule has 45 heavy (non-hydrogen) atoms. The molecule has 16 heteroatoms. The Bertz CT molecular complexity index is 1300. The first kappa shape index (κ1) is 34.4. The highest BCUT2D eigenvalue weighted by molar-refractivity contribution is 7.80. The number of carbonyl (C=O) groups is 1. The number of rotatable bonds is 10. The molecule has 0 unspecified atom stereocenters. The van der Waals surface area contributed by atoms with E-state index in [2.05, 4.69) is 35.2 Å². The second kappa shape index (κ2) is 15.2. The Hall–Kier alpha value is -3.50. The highest BCUT2D eigenvalue weighted by Gasteiger charge is 2.34. The van der Waals surface area contributed by atoms with Crippen LogP contribution >= 0.6 is 12.2 Å². The monoisotopic (exact) mass is 663 g/mol. The molecule has 1 saturated carbocycles. The van der Waals surface area contributed by atoms with Crippen LogP contribution in [-0.4, -0.2) is 92.0 Å². The van der Waals surface area contributed by atoms with Gasteiger partial charge >= 0.3 is 12.7 Å². The maximum absolute atomic E-state index is 13.0. The number of benzene rings is 2. The van der Waals surface area contributed by atoms with E-state index in [-0.39, 0.29) is 40.9 Å². The maximum Gasteiger partial charge on any atom is 0.573 e. The van der Waals surface area contributed by atoms with Crippen LogP contribution in [0.25, 0.3) is 0 Å². The quantitative estimate of drug-likeness (QED) is 0.237. The number of carbonyl (C=O) groups excluding carboxylic acids is 1. The van der Waals surface area contributed by atoms with E-state index in [1.807, 2.05) is 7.05 Å². The second-order valence-corrected chi connectivity index (χ2v) is 11.3. The number of nitrogens with zero attached hydrogens (tertiary/aromatic N) is 2. The summed E-state index contributed by atoms with van der Waals surface area (Å²) in [5.41, 5.74) is 0.0445. The lowest BCUT2D eigenvalue weighted by atomic mass is 9.93. The molecule has 0 spiro atoms. The molecule has 4 rings (SSSR count). The summed E-state index contributed by atoms with van der Waals surface area (Å²) in [6.45, 7) is 4.31. The smallest absolute Gasteiger partial charge is 0.490 e. The number of alkyl halides is 6. The van der Waals surface area contributed by atoms with Crippen LogP contribution in [0, 0.1) is 0 Å². The van der Waals surface area contributed by atoms with Gasteiger partial charge in [0.15, 0.2) is 5.11 Å². The lowest BCUT2D eigenvalue weighted by Crippen LogP contribution is -2.46. The highest BCUT2D eigenvalue weighted by atomic mass is 32.1. The van der Waals surface area contributed by atoms with E-state index in [1.165, 1.54) is 30.3 Å². The van der Waals surface area contributed by atoms with Gasteiger partial charge in [0.1, 0.15) is 17.2 Å². The Balaban J connectivity index is 1.28. The number of likely N-dealkylation sites (N-methyl/N-ethyl adjacent to an activating group) is 1. The number of piperazine rings is 1. The lowest BCUT2D eigenvalue weighted by molar-refractivity contribution is -0.275. The summed E-state index contributed by atoms with van der Waals surface area (Å²) in [6.07, 6.45) is -7.60. The van der Waals surface area contributed by atoms with Gasteiger partial charge in [0, 0.05) is 57.1 Å². The predicted molar refractivity (Wildman–Crippen MR) is 159 cm³/mol. The first-order chi connectivity index (χ1) is 21.2. The molecule has 9 nitrogen and oxygen atoms in total. The third-order valence-corrected chi connectivity index (χ3v) is 7.59. The zero-order valence-corrected chi connectivity index (χ0v) is 25.3. The van der Waals surface area contributed by atoms with Crippen molar-refractivity contribution in [3.8, 4) is 17.2 Å². The van der Waals surface area contributed by atoms with Gasteiger partial charge in [-0.05, 0) is 75.3 Å². The number of anilines is 1. The molecule has 0 bridgehead atoms. The number of amides is 1. The summed E-state index contributed by atoms with van der Waals surface area (Å²) in [5, 5.41) is 8.90. The van der Waals surface area contributed by atoms with Crippen molar-refractivity contribution in [3.63, 3.8) is 0 Å². The Kier molecular flexibility index (Phi) is 11.6. The Morgan fingerprint density at radius 3 is 2.27 bits per heavy atom. The third-order valence-electron chi connectivity index (χ3n) is 7.37. The minimum absolute atomic E-state index is 0.0383. The van der Waals surface area contributed by atoms with Crippen molar-refractivity contribution in [1.29, 1.82) is 0 Å². The normalized spacial score (nSPS) is 19.8. The molecule has 1 saturated heterocycles. The van der Waals surface area contributed by atoms with Crippen molar-refractivity contribution in [2.24, 2.45) is 0 Å². The van der Waals surface area contributed by atoms with Crippen molar-refractivity contribution in [3.05, 3.63) is 48.0 Å². The Morgan fingerprint density at radius 2 is 1.60 bits per heavy atom. The maximum atomic E-state index is 13.0. The molecule has 248 valence electrons. The van der Waals surface area contributed by atoms with Crippen molar-refractivity contribution in [2.75, 3.05) is 51.6 Å². The van der Waals surface area contributed by atoms with E-state index in [4.69, 9.17) is 17.0 Å². The van der Waals surface area contributed by atoms with Gasteiger partial charge in [-0.3, -0.25) is 9.69 Å². The molecule has 1 amide bonds. The van der Waals surface area contributed by atoms with Gasteiger partial charge in [0.25, 0.3) is 5.91 Å². The molecule has 2 aromatic rings. The third kappa shape index (κ3) is 11.7. The van der Waals surface area contributed by atoms with E-state index in [0.717, 1.165) is 32.2 Å². The van der Waals surface area contributed by atoms with Crippen molar-refractivity contribution in [2.45, 2.75) is 50.6 Å². The fraction of sp³-hybridized carbons (Fsp3) is 0.517. The molecule has 0 atom stereocenters. The summed E-state index contributed by atoms with van der Waals surface area (Å²) in [5.74, 6) is -1.45. The number of halogens is 6. The molecule has 2 fully saturated rings. The minimum Gasteiger partial charge on any atom is -0.490 e. The van der Waals surface area contributed by atoms with Gasteiger partial charge in [0.05, 0.1) is 11.7 Å². The Morgan fingerprint density at radius 1 is 0.911 bits per heavy atom. The zero-order chi connectivity index (χ0) is 32.6. The number of ether oxygens (including phenoxy) is 3. The minimum atomic E-state index is -4.97. The van der Waals surface area contributed by atoms with Gasteiger partial charge in [-0.2, -0.15) is 0 Å². The van der Waals surface area contributed by atoms with Gasteiger partial charge in [-0.15, -0.1) is 26.3 Å². The molecule has 1 aliphatic heterocycles. The van der Waals surface area contributed by atoms with E-state index in [9.17, 15) is 31.1 Å². The van der Waals surface area contributed by atoms with Gasteiger partial charge in [-0.1, -0.05) is 6.07 Å². The van der Waals surface area contributed by atoms with E-state index >= 15 is 0 Å². The van der Waals surface area contributed by atoms with Crippen molar-refractivity contribution < 1.29 is 45.3 Å². The molecule has 0 radical (unpaired) electrons. The van der Waals surface area contributed by atoms with Crippen LogP contribution in [0.5, 0.6) is 17.2 Å². The number of nitrogens with one attached hydrogen (secondary N) is 3. The van der Waals surface area contributed by atoms with Gasteiger partial charge in [0.2, 0.25) is 0 Å². The SMILES string of the molecule is CN1CCN(CCNC(=O)c2cc(OC3CCC(NC(=S)Nc4cccc(OC(F)(F)F)c4)CC3)ccc2OC(F)(F)F)CC1. The first-order valence-electron chi connectivity index (χ1n) is 14.4. The molecule has 2 aliphatic rings. The standard InChI is InChI=1S/C29H35F6N5O4S/c1-39-13-15-40(16-14-39)12-11-36-26(41)24-18-22(9-10-25(24)44-29(33,34)35)42-21-7-5-19(6-8-21)37-27(45)38-20-3-2-4-23(17-20)43-28(30,31)32/h2-4,9-10,17-19,21H,5-8,11-16H2,1H3,(H,36,41)(H2,37,38,45). The van der Waals surface area contributed by atoms with E-state index in [1.54, 1.807) is 6.07 Å². The zero-order valence-electron chi connectivity index (χ0n) is 24.5. The van der Waals surface area contributed by atoms with Crippen LogP contribution < -0.4 is 30.2 Å². The fourth-order valence-electron chi connectivity index (χ4n) is 5.11. The van der Waals surface area contributed by atoms with Gasteiger partial charge < -0.3 is 35.1 Å². The molecular formula is C29H35F6N5O4S. The molecule has 1 heterocycles. The molecule has 2 aromatic carbocycles. The fourth-order valence-corrected chi connectivity index (χ4v) is 5.39. The topological polar surface area (TPSA) is 87.3 Å². The number of hydrogen-bond donors (Lipinski definition) is 3. The Labute approximate surface area is 262 Å². The summed E-state index contributed by atoms with van der Waals surface area (Å²) < 4.78 is 90.7. The van der Waals surface area contributed by atoms with Crippen LogP contribution in [0.4, 0.5) is 32.0 Å². The van der Waals surface area contributed by atoms with Crippen LogP contribution in [-0.2, 0) is 0 Å². The highest BCUT2D eigenvalue weighted by Crippen LogP contribution is 2.32. The summed E-state index contributed by atoms with van der Waals surface area (Å²) in [6, 6.07) is 8.94. The van der Waals surface area contributed by atoms with E-state index < -0.39 is 24.4 Å². The second-order valence-electron chi connectivity index (χ2n) is 10.9. The molecule has 3 N–H and O–H groups in total. The molecule has 1 aliphatic carbocycles. The van der Waals surface area contributed by atoms with Crippen LogP contribution in [0.3, 0.4) is 0 Å². The van der Waals surface area contributed by atoms with Gasteiger partial charge in [-0.25, -0.2) is 0 Å². The lowest BCUT2D eigenvalue weighted by Gasteiger charge is -2.32. The van der Waals surface area contributed by atoms with Crippen LogP contribution in [0.2, 0.25) is 0 Å². The van der Waals surface area contributed by atoms with Crippen LogP contribution in [0.15, 0.2) is 42.5 Å². The molecular weight excluding hydrogens is 628 g/mol. The van der Waals surface area contributed by atoms with Crippen molar-refractivity contribution in [1.82, 2.24) is 20.4 Å². The van der Waals surface area contributed by atoms with Crippen LogP contribution in [0.1, 0.15) is 36.0 Å². The molecule has 0 aromatic heterocycles. The summed E-state index contributed by atoms with van der Waals surface area (Å²) in [7, 11) is 2.03.